The van der Waals surface area contributed by atoms with Crippen molar-refractivity contribution < 1.29 is 34.2 Å². The van der Waals surface area contributed by atoms with Crippen LogP contribution in [-0.2, 0) is 24.0 Å². The lowest BCUT2D eigenvalue weighted by Crippen LogP contribution is -2.59. The molecule has 0 heterocycles. The molecule has 0 saturated carbocycles. The Morgan fingerprint density at radius 3 is 2.00 bits per heavy atom. The Kier molecular flexibility index (Phi) is 13.8. The van der Waals surface area contributed by atoms with Crippen LogP contribution in [0.25, 0.3) is 0 Å². The smallest absolute Gasteiger partial charge is 0.326 e. The first kappa shape index (κ1) is 30.5. The molecule has 0 aromatic rings. The van der Waals surface area contributed by atoms with E-state index in [9.17, 15) is 29.1 Å². The monoisotopic (exact) mass is 488 g/mol. The summed E-state index contributed by atoms with van der Waals surface area (Å²) in [5.41, 5.74) is 21.1. The quantitative estimate of drug-likeness (QED) is 0.0573. The highest BCUT2D eigenvalue weighted by Crippen LogP contribution is 2.10. The number of amides is 4. The van der Waals surface area contributed by atoms with Crippen LogP contribution in [0.1, 0.15) is 39.5 Å². The Labute approximate surface area is 197 Å². The van der Waals surface area contributed by atoms with Crippen LogP contribution in [0.15, 0.2) is 4.99 Å². The maximum absolute atomic E-state index is 12.9. The summed E-state index contributed by atoms with van der Waals surface area (Å²) in [5, 5.41) is 25.4. The number of aliphatic carboxylic acids is 1. The zero-order chi connectivity index (χ0) is 26.4. The molecule has 13 N–H and O–H groups in total. The highest BCUT2D eigenvalue weighted by Gasteiger charge is 2.33. The molecule has 0 aliphatic carbocycles. The number of hydrogen-bond acceptors (Lipinski definition) is 8. The van der Waals surface area contributed by atoms with Crippen LogP contribution in [0.5, 0.6) is 0 Å². The van der Waals surface area contributed by atoms with E-state index >= 15 is 0 Å². The average molecular weight is 489 g/mol. The molecule has 5 atom stereocenters. The Balaban J connectivity index is 5.48. The Morgan fingerprint density at radius 2 is 1.53 bits per heavy atom. The number of rotatable bonds is 16. The third kappa shape index (κ3) is 11.4. The van der Waals surface area contributed by atoms with Crippen molar-refractivity contribution in [2.24, 2.45) is 33.8 Å². The normalized spacial score (nSPS) is 15.1. The average Bonchev–Trinajstić information content (AvgIpc) is 2.76. The molecule has 0 aromatic carbocycles. The molecule has 0 saturated heterocycles. The number of primary amides is 1. The second-order valence-corrected chi connectivity index (χ2v) is 7.74. The van der Waals surface area contributed by atoms with Gasteiger partial charge in [0.25, 0.3) is 0 Å². The van der Waals surface area contributed by atoms with Gasteiger partial charge in [0.1, 0.15) is 24.2 Å². The van der Waals surface area contributed by atoms with Gasteiger partial charge in [0.05, 0.1) is 13.0 Å². The molecule has 0 radical (unpaired) electrons. The van der Waals surface area contributed by atoms with Gasteiger partial charge in [-0.25, -0.2) is 4.79 Å². The first-order valence-electron chi connectivity index (χ1n) is 10.7. The minimum absolute atomic E-state index is 0.0281. The number of aliphatic hydroxyl groups is 1. The van der Waals surface area contributed by atoms with Gasteiger partial charge in [-0.05, 0) is 18.8 Å². The fraction of sp³-hybridized carbons (Fsp3) is 0.684. The van der Waals surface area contributed by atoms with E-state index in [2.05, 4.69) is 20.9 Å². The van der Waals surface area contributed by atoms with Gasteiger partial charge in [-0.2, -0.15) is 0 Å². The molecular formula is C19H36N8O7. The van der Waals surface area contributed by atoms with Gasteiger partial charge in [-0.1, -0.05) is 20.3 Å². The van der Waals surface area contributed by atoms with E-state index in [1.165, 1.54) is 0 Å². The Hall–Kier alpha value is -3.46. The van der Waals surface area contributed by atoms with Crippen molar-refractivity contribution in [1.29, 1.82) is 0 Å². The van der Waals surface area contributed by atoms with Gasteiger partial charge in [0.2, 0.25) is 23.6 Å². The summed E-state index contributed by atoms with van der Waals surface area (Å²) in [6.45, 7) is 2.91. The predicted octanol–water partition coefficient (Wildman–Crippen LogP) is -4.18. The maximum Gasteiger partial charge on any atom is 0.326 e. The van der Waals surface area contributed by atoms with Crippen molar-refractivity contribution in [2.45, 2.75) is 63.7 Å². The van der Waals surface area contributed by atoms with Crippen LogP contribution in [-0.4, -0.2) is 83.1 Å². The van der Waals surface area contributed by atoms with Crippen LogP contribution in [0.4, 0.5) is 0 Å². The van der Waals surface area contributed by atoms with Crippen LogP contribution in [0, 0.1) is 5.92 Å². The molecule has 0 fully saturated rings. The number of hydrogen-bond donors (Lipinski definition) is 9. The topological polar surface area (TPSA) is 278 Å². The first-order valence-corrected chi connectivity index (χ1v) is 10.7. The van der Waals surface area contributed by atoms with E-state index in [0.29, 0.717) is 6.42 Å². The number of nitrogens with one attached hydrogen (secondary N) is 3. The van der Waals surface area contributed by atoms with Crippen molar-refractivity contribution in [3.8, 4) is 0 Å². The van der Waals surface area contributed by atoms with Crippen LogP contribution in [0.3, 0.4) is 0 Å². The molecule has 15 nitrogen and oxygen atoms in total. The number of carboxylic acids is 1. The summed E-state index contributed by atoms with van der Waals surface area (Å²) in [5.74, 6) is -5.39. The predicted molar refractivity (Wildman–Crippen MR) is 122 cm³/mol. The largest absolute Gasteiger partial charge is 0.480 e. The highest BCUT2D eigenvalue weighted by atomic mass is 16.4. The fourth-order valence-corrected chi connectivity index (χ4v) is 2.75. The number of carboxylic acid groups (broad SMARTS) is 1. The number of carbonyl (C=O) groups excluding carboxylic acids is 4. The van der Waals surface area contributed by atoms with Gasteiger partial charge in [-0.3, -0.25) is 24.2 Å². The zero-order valence-corrected chi connectivity index (χ0v) is 19.3. The maximum atomic E-state index is 12.9. The van der Waals surface area contributed by atoms with Crippen molar-refractivity contribution in [3.63, 3.8) is 0 Å². The third-order valence-corrected chi connectivity index (χ3v) is 4.92. The van der Waals surface area contributed by atoms with E-state index in [1.54, 1.807) is 13.8 Å². The Morgan fingerprint density at radius 1 is 0.941 bits per heavy atom. The summed E-state index contributed by atoms with van der Waals surface area (Å²) >= 11 is 0. The fourth-order valence-electron chi connectivity index (χ4n) is 2.75. The Bertz CT molecular complexity index is 757. The second-order valence-electron chi connectivity index (χ2n) is 7.74. The molecule has 0 rings (SSSR count). The van der Waals surface area contributed by atoms with E-state index in [0.717, 1.165) is 0 Å². The number of aliphatic imine (C=N–C) groups is 1. The number of carbonyl (C=O) groups is 5. The van der Waals surface area contributed by atoms with Gasteiger partial charge >= 0.3 is 5.97 Å². The molecule has 34 heavy (non-hydrogen) atoms. The van der Waals surface area contributed by atoms with E-state index in [1.807, 2.05) is 0 Å². The SMILES string of the molecule is CCC(C)C(NC(=O)C(N)CO)C(=O)NC(CC(N)=O)C(=O)NC(CCCN=C(N)N)C(=O)O. The van der Waals surface area contributed by atoms with Crippen molar-refractivity contribution in [2.75, 3.05) is 13.2 Å². The molecule has 194 valence electrons. The van der Waals surface area contributed by atoms with Crippen molar-refractivity contribution in [1.82, 2.24) is 16.0 Å². The molecule has 0 bridgehead atoms. The molecule has 0 aromatic heterocycles. The second kappa shape index (κ2) is 15.4. The van der Waals surface area contributed by atoms with Gasteiger partial charge < -0.3 is 49.1 Å². The first-order chi connectivity index (χ1) is 15.8. The summed E-state index contributed by atoms with van der Waals surface area (Å²) < 4.78 is 0. The highest BCUT2D eigenvalue weighted by molar-refractivity contribution is 5.96. The lowest BCUT2D eigenvalue weighted by Gasteiger charge is -2.27. The van der Waals surface area contributed by atoms with E-state index in [4.69, 9.17) is 28.0 Å². The molecule has 0 spiro atoms. The molecular weight excluding hydrogens is 452 g/mol. The summed E-state index contributed by atoms with van der Waals surface area (Å²) in [6, 6.07) is -5.26. The minimum Gasteiger partial charge on any atom is -0.480 e. The van der Waals surface area contributed by atoms with Crippen LogP contribution in [0.2, 0.25) is 0 Å². The lowest BCUT2D eigenvalue weighted by molar-refractivity contribution is -0.142. The van der Waals surface area contributed by atoms with Crippen LogP contribution >= 0.6 is 0 Å². The summed E-state index contributed by atoms with van der Waals surface area (Å²) in [6.07, 6.45) is 0.0421. The van der Waals surface area contributed by atoms with Gasteiger partial charge in [0.15, 0.2) is 5.96 Å². The van der Waals surface area contributed by atoms with Crippen LogP contribution < -0.4 is 38.9 Å². The third-order valence-electron chi connectivity index (χ3n) is 4.92. The van der Waals surface area contributed by atoms with Gasteiger partial charge in [-0.15, -0.1) is 0 Å². The molecule has 5 unspecified atom stereocenters. The lowest BCUT2D eigenvalue weighted by atomic mass is 9.97. The summed E-state index contributed by atoms with van der Waals surface area (Å²) in [4.78, 5) is 64.4. The minimum atomic E-state index is -1.50. The van der Waals surface area contributed by atoms with Crippen molar-refractivity contribution in [3.05, 3.63) is 0 Å². The molecule has 4 amide bonds. The van der Waals surface area contributed by atoms with E-state index < -0.39 is 72.7 Å². The van der Waals surface area contributed by atoms with Gasteiger partial charge in [0, 0.05) is 6.54 Å². The molecule has 15 heteroatoms. The van der Waals surface area contributed by atoms with E-state index in [-0.39, 0.29) is 25.3 Å². The summed E-state index contributed by atoms with van der Waals surface area (Å²) in [7, 11) is 0. The zero-order valence-electron chi connectivity index (χ0n) is 19.3. The van der Waals surface area contributed by atoms with Crippen molar-refractivity contribution >= 4 is 35.6 Å². The molecule has 0 aliphatic heterocycles. The number of nitrogens with two attached hydrogens (primary N) is 4. The molecule has 0 aliphatic rings. The number of aliphatic hydroxyl groups excluding tert-OH is 1. The number of nitrogens with zero attached hydrogens (tertiary/aromatic N) is 1. The standard InChI is InChI=1S/C19H36N8O7/c1-3-9(2)14(27-15(30)10(20)8-28)17(32)26-12(7-13(21)29)16(31)25-11(18(33)34)5-4-6-24-19(22)23/h9-12,14,28H,3-8,20H2,1-2H3,(H2,21,29)(H,25,31)(H,26,32)(H,27,30)(H,33,34)(H4,22,23,24). The number of guanidine groups is 1.